The lowest BCUT2D eigenvalue weighted by Gasteiger charge is -2.07. The quantitative estimate of drug-likeness (QED) is 0.655. The van der Waals surface area contributed by atoms with Crippen LogP contribution in [0.25, 0.3) is 10.9 Å². The van der Waals surface area contributed by atoms with Gasteiger partial charge in [0, 0.05) is 35.3 Å². The van der Waals surface area contributed by atoms with Crippen molar-refractivity contribution < 1.29 is 23.8 Å². The largest absolute Gasteiger partial charge is 0.456 e. The van der Waals surface area contributed by atoms with E-state index in [0.717, 1.165) is 16.5 Å². The van der Waals surface area contributed by atoms with E-state index in [1.165, 1.54) is 0 Å². The van der Waals surface area contributed by atoms with E-state index in [9.17, 15) is 9.59 Å². The molecule has 7 nitrogen and oxygen atoms in total. The Balaban J connectivity index is 1.24. The number of hydrogen-bond donors (Lipinski definition) is 2. The highest BCUT2D eigenvalue weighted by atomic mass is 16.7. The molecule has 3 aromatic rings. The fourth-order valence-corrected chi connectivity index (χ4v) is 2.96. The number of fused-ring (bicyclic) bond motifs is 2. The summed E-state index contributed by atoms with van der Waals surface area (Å²) in [4.78, 5) is 27.1. The van der Waals surface area contributed by atoms with Crippen LogP contribution in [0.5, 0.6) is 11.5 Å². The van der Waals surface area contributed by atoms with Gasteiger partial charge in [0.15, 0.2) is 18.1 Å². The summed E-state index contributed by atoms with van der Waals surface area (Å²) in [5, 5.41) is 3.75. The highest BCUT2D eigenvalue weighted by molar-refractivity contribution is 5.93. The lowest BCUT2D eigenvalue weighted by Crippen LogP contribution is -2.21. The fraction of sp³-hybridized carbons (Fsp3) is 0.200. The lowest BCUT2D eigenvalue weighted by atomic mass is 10.1. The molecule has 1 amide bonds. The first-order valence-electron chi connectivity index (χ1n) is 8.59. The second-order valence-corrected chi connectivity index (χ2v) is 6.14. The van der Waals surface area contributed by atoms with Crippen molar-refractivity contribution in [2.45, 2.75) is 12.8 Å². The Kier molecular flexibility index (Phi) is 4.65. The molecule has 0 bridgehead atoms. The van der Waals surface area contributed by atoms with Crippen molar-refractivity contribution in [3.8, 4) is 11.5 Å². The number of para-hydroxylation sites is 1. The number of esters is 1. The number of anilines is 1. The van der Waals surface area contributed by atoms with Crippen LogP contribution >= 0.6 is 0 Å². The van der Waals surface area contributed by atoms with E-state index in [1.807, 2.05) is 30.5 Å². The highest BCUT2D eigenvalue weighted by Crippen LogP contribution is 2.34. The molecule has 1 aromatic heterocycles. The topological polar surface area (TPSA) is 89.7 Å². The zero-order chi connectivity index (χ0) is 18.6. The SMILES string of the molecule is O=C(COC(=O)CCc1c[nH]c2ccccc12)Nc1ccc2c(c1)OCO2. The van der Waals surface area contributed by atoms with E-state index < -0.39 is 11.9 Å². The molecule has 0 unspecified atom stereocenters. The third-order valence-electron chi connectivity index (χ3n) is 4.29. The third kappa shape index (κ3) is 3.87. The first kappa shape index (κ1) is 17.0. The van der Waals surface area contributed by atoms with E-state index in [2.05, 4.69) is 10.3 Å². The van der Waals surface area contributed by atoms with E-state index in [4.69, 9.17) is 14.2 Å². The molecule has 0 saturated heterocycles. The minimum absolute atomic E-state index is 0.167. The molecule has 0 spiro atoms. The number of amides is 1. The van der Waals surface area contributed by atoms with Crippen LogP contribution < -0.4 is 14.8 Å². The van der Waals surface area contributed by atoms with Crippen molar-refractivity contribution in [1.82, 2.24) is 4.98 Å². The molecule has 4 rings (SSSR count). The van der Waals surface area contributed by atoms with Gasteiger partial charge in [-0.1, -0.05) is 18.2 Å². The van der Waals surface area contributed by atoms with Crippen molar-refractivity contribution >= 4 is 28.5 Å². The summed E-state index contributed by atoms with van der Waals surface area (Å²) < 4.78 is 15.5. The molecule has 1 aliphatic heterocycles. The number of rotatable bonds is 6. The average molecular weight is 366 g/mol. The van der Waals surface area contributed by atoms with Crippen LogP contribution in [-0.4, -0.2) is 30.3 Å². The number of aryl methyl sites for hydroxylation is 1. The van der Waals surface area contributed by atoms with Gasteiger partial charge in [-0.15, -0.1) is 0 Å². The van der Waals surface area contributed by atoms with E-state index in [1.54, 1.807) is 18.2 Å². The van der Waals surface area contributed by atoms with Gasteiger partial charge in [0.25, 0.3) is 5.91 Å². The maximum atomic E-state index is 12.0. The molecule has 0 radical (unpaired) electrons. The van der Waals surface area contributed by atoms with Crippen molar-refractivity contribution in [1.29, 1.82) is 0 Å². The van der Waals surface area contributed by atoms with Gasteiger partial charge in [-0.25, -0.2) is 0 Å². The molecule has 27 heavy (non-hydrogen) atoms. The smallest absolute Gasteiger partial charge is 0.306 e. The van der Waals surface area contributed by atoms with Crippen LogP contribution in [-0.2, 0) is 20.7 Å². The number of carbonyl (C=O) groups excluding carboxylic acids is 2. The summed E-state index contributed by atoms with van der Waals surface area (Å²) in [6.45, 7) is -0.165. The predicted octanol–water partition coefficient (Wildman–Crippen LogP) is 3.01. The summed E-state index contributed by atoms with van der Waals surface area (Å²) in [5.41, 5.74) is 2.63. The molecule has 0 saturated carbocycles. The maximum absolute atomic E-state index is 12.0. The average Bonchev–Trinajstić information content (AvgIpc) is 3.31. The van der Waals surface area contributed by atoms with Crippen molar-refractivity contribution in [2.75, 3.05) is 18.7 Å². The minimum Gasteiger partial charge on any atom is -0.456 e. The van der Waals surface area contributed by atoms with E-state index in [-0.39, 0.29) is 19.8 Å². The molecule has 7 heteroatoms. The van der Waals surface area contributed by atoms with Crippen LogP contribution in [0.2, 0.25) is 0 Å². The van der Waals surface area contributed by atoms with Gasteiger partial charge in [0.1, 0.15) is 0 Å². The lowest BCUT2D eigenvalue weighted by molar-refractivity contribution is -0.147. The van der Waals surface area contributed by atoms with Crippen LogP contribution in [0.3, 0.4) is 0 Å². The van der Waals surface area contributed by atoms with Gasteiger partial charge >= 0.3 is 5.97 Å². The Labute approximate surface area is 155 Å². The van der Waals surface area contributed by atoms with E-state index in [0.29, 0.717) is 23.6 Å². The normalized spacial score (nSPS) is 12.1. The second kappa shape index (κ2) is 7.41. The van der Waals surface area contributed by atoms with Crippen molar-refractivity contribution in [3.05, 3.63) is 54.2 Å². The van der Waals surface area contributed by atoms with Crippen LogP contribution in [0.15, 0.2) is 48.7 Å². The Bertz CT molecular complexity index is 995. The van der Waals surface area contributed by atoms with Crippen LogP contribution in [0, 0.1) is 0 Å². The standard InChI is InChI=1S/C20H18N2O5/c23-19(22-14-6-7-17-18(9-14)27-12-26-17)11-25-20(24)8-5-13-10-21-16-4-2-1-3-15(13)16/h1-4,6-7,9-10,21H,5,8,11-12H2,(H,22,23). The zero-order valence-corrected chi connectivity index (χ0v) is 14.5. The molecule has 138 valence electrons. The van der Waals surface area contributed by atoms with Crippen LogP contribution in [0.4, 0.5) is 5.69 Å². The van der Waals surface area contributed by atoms with E-state index >= 15 is 0 Å². The van der Waals surface area contributed by atoms with Gasteiger partial charge < -0.3 is 24.5 Å². The van der Waals surface area contributed by atoms with Gasteiger partial charge in [-0.05, 0) is 30.2 Å². The number of H-pyrrole nitrogens is 1. The monoisotopic (exact) mass is 366 g/mol. The zero-order valence-electron chi connectivity index (χ0n) is 14.5. The van der Waals surface area contributed by atoms with Gasteiger partial charge in [0.2, 0.25) is 6.79 Å². The molecule has 2 heterocycles. The number of aromatic amines is 1. The Morgan fingerprint density at radius 1 is 1.11 bits per heavy atom. The molecular weight excluding hydrogens is 348 g/mol. The molecule has 2 aromatic carbocycles. The van der Waals surface area contributed by atoms with Crippen molar-refractivity contribution in [3.63, 3.8) is 0 Å². The Morgan fingerprint density at radius 2 is 1.96 bits per heavy atom. The number of carbonyl (C=O) groups is 2. The summed E-state index contributed by atoms with van der Waals surface area (Å²) in [5.74, 6) is 0.385. The highest BCUT2D eigenvalue weighted by Gasteiger charge is 2.15. The summed E-state index contributed by atoms with van der Waals surface area (Å²) >= 11 is 0. The molecule has 1 aliphatic rings. The first-order valence-corrected chi connectivity index (χ1v) is 8.59. The minimum atomic E-state index is -0.416. The second-order valence-electron chi connectivity index (χ2n) is 6.14. The van der Waals surface area contributed by atoms with Gasteiger partial charge in [0.05, 0.1) is 0 Å². The van der Waals surface area contributed by atoms with Crippen LogP contribution in [0.1, 0.15) is 12.0 Å². The number of ether oxygens (including phenoxy) is 3. The molecule has 0 fully saturated rings. The number of hydrogen-bond acceptors (Lipinski definition) is 5. The molecule has 2 N–H and O–H groups in total. The van der Waals surface area contributed by atoms with Gasteiger partial charge in [-0.3, -0.25) is 9.59 Å². The molecule has 0 aliphatic carbocycles. The third-order valence-corrected chi connectivity index (χ3v) is 4.29. The van der Waals surface area contributed by atoms with Gasteiger partial charge in [-0.2, -0.15) is 0 Å². The molecular formula is C20H18N2O5. The summed E-state index contributed by atoms with van der Waals surface area (Å²) in [6, 6.07) is 13.0. The fourth-order valence-electron chi connectivity index (χ4n) is 2.96. The maximum Gasteiger partial charge on any atom is 0.306 e. The first-order chi connectivity index (χ1) is 13.2. The number of benzene rings is 2. The predicted molar refractivity (Wildman–Crippen MR) is 98.8 cm³/mol. The summed E-state index contributed by atoms with van der Waals surface area (Å²) in [7, 11) is 0. The molecule has 0 atom stereocenters. The number of aromatic nitrogens is 1. The number of nitrogens with one attached hydrogen (secondary N) is 2. The Hall–Kier alpha value is -3.48. The summed E-state index contributed by atoms with van der Waals surface area (Å²) in [6.07, 6.45) is 2.65. The Morgan fingerprint density at radius 3 is 2.89 bits per heavy atom. The van der Waals surface area contributed by atoms with Crippen molar-refractivity contribution in [2.24, 2.45) is 0 Å².